The number of hydrogen-bond donors (Lipinski definition) is 4. The first-order valence-corrected chi connectivity index (χ1v) is 16.0. The summed E-state index contributed by atoms with van der Waals surface area (Å²) in [5.41, 5.74) is 3.90. The standard InChI is InChI=1S/C31H37ClN2O6S/c32-26-8-3-7-25(19-26)30(36)21-33-15-17-40-27-12-9-22(10-13-27)24-11-14-28(29(20-24)23-5-1-2-6-23)31(37)34-41(38,39)18-4-16-35/h3,7-14,19-20,23,30,33,35-36H,1-2,4-6,15-18,21H2,(H,34,37)/t30-/m1/s1. The van der Waals surface area contributed by atoms with Gasteiger partial charge < -0.3 is 20.3 Å². The Hall–Kier alpha value is -2.95. The predicted molar refractivity (Wildman–Crippen MR) is 161 cm³/mol. The molecule has 0 aromatic heterocycles. The van der Waals surface area contributed by atoms with Crippen molar-refractivity contribution in [1.82, 2.24) is 10.0 Å². The predicted octanol–water partition coefficient (Wildman–Crippen LogP) is 4.81. The molecule has 3 aromatic rings. The number of sulfonamides is 1. The Bertz CT molecular complexity index is 1410. The van der Waals surface area contributed by atoms with Gasteiger partial charge >= 0.3 is 0 Å². The summed E-state index contributed by atoms with van der Waals surface area (Å²) in [6, 6.07) is 20.4. The summed E-state index contributed by atoms with van der Waals surface area (Å²) in [6.45, 7) is 1.11. The lowest BCUT2D eigenvalue weighted by molar-refractivity contribution is 0.0980. The van der Waals surface area contributed by atoms with E-state index in [-0.39, 0.29) is 24.7 Å². The number of ether oxygens (including phenoxy) is 1. The number of halogens is 1. The summed E-state index contributed by atoms with van der Waals surface area (Å²) in [5.74, 6) is -0.0233. The minimum Gasteiger partial charge on any atom is -0.492 e. The van der Waals surface area contributed by atoms with Gasteiger partial charge in [0.15, 0.2) is 0 Å². The monoisotopic (exact) mass is 600 g/mol. The molecule has 1 aliphatic rings. The van der Waals surface area contributed by atoms with Gasteiger partial charge in [-0.1, -0.05) is 60.8 Å². The van der Waals surface area contributed by atoms with Gasteiger partial charge in [-0.15, -0.1) is 0 Å². The van der Waals surface area contributed by atoms with Crippen LogP contribution in [0.15, 0.2) is 66.7 Å². The lowest BCUT2D eigenvalue weighted by atomic mass is 9.89. The smallest absolute Gasteiger partial charge is 0.265 e. The highest BCUT2D eigenvalue weighted by Gasteiger charge is 2.25. The van der Waals surface area contributed by atoms with Crippen molar-refractivity contribution in [2.24, 2.45) is 0 Å². The van der Waals surface area contributed by atoms with E-state index in [2.05, 4.69) is 10.0 Å². The molecule has 0 aliphatic heterocycles. The van der Waals surface area contributed by atoms with Gasteiger partial charge in [-0.25, -0.2) is 13.1 Å². The Morgan fingerprint density at radius 3 is 2.46 bits per heavy atom. The van der Waals surface area contributed by atoms with Gasteiger partial charge in [-0.3, -0.25) is 4.79 Å². The fourth-order valence-corrected chi connectivity index (χ4v) is 6.28. The largest absolute Gasteiger partial charge is 0.492 e. The van der Waals surface area contributed by atoms with Crippen molar-refractivity contribution in [1.29, 1.82) is 0 Å². The average Bonchev–Trinajstić information content (AvgIpc) is 3.51. The van der Waals surface area contributed by atoms with E-state index in [4.69, 9.17) is 21.4 Å². The van der Waals surface area contributed by atoms with Crippen molar-refractivity contribution in [3.8, 4) is 16.9 Å². The number of amides is 1. The zero-order valence-electron chi connectivity index (χ0n) is 22.9. The van der Waals surface area contributed by atoms with E-state index < -0.39 is 22.0 Å². The second-order valence-electron chi connectivity index (χ2n) is 10.3. The first-order valence-electron chi connectivity index (χ1n) is 13.9. The minimum atomic E-state index is -3.82. The van der Waals surface area contributed by atoms with Gasteiger partial charge in [0.25, 0.3) is 5.91 Å². The molecule has 0 unspecified atom stereocenters. The number of hydrogen-bond acceptors (Lipinski definition) is 7. The maximum absolute atomic E-state index is 13.0. The van der Waals surface area contributed by atoms with Gasteiger partial charge in [0, 0.05) is 30.3 Å². The molecule has 10 heteroatoms. The van der Waals surface area contributed by atoms with Crippen LogP contribution in [0.2, 0.25) is 5.02 Å². The summed E-state index contributed by atoms with van der Waals surface area (Å²) in [4.78, 5) is 13.0. The van der Waals surface area contributed by atoms with E-state index >= 15 is 0 Å². The van der Waals surface area contributed by atoms with Gasteiger partial charge in [-0.05, 0) is 77.8 Å². The van der Waals surface area contributed by atoms with Crippen molar-refractivity contribution in [3.63, 3.8) is 0 Å². The molecule has 1 aliphatic carbocycles. The van der Waals surface area contributed by atoms with E-state index in [0.717, 1.165) is 47.9 Å². The molecular weight excluding hydrogens is 564 g/mol. The summed E-state index contributed by atoms with van der Waals surface area (Å²) >= 11 is 5.99. The SMILES string of the molecule is O=C(NS(=O)(=O)CCCO)c1ccc(-c2ccc(OCCNC[C@@H](O)c3cccc(Cl)c3)cc2)cc1C1CCCC1. The first kappa shape index (κ1) is 31.0. The van der Waals surface area contributed by atoms with Crippen molar-refractivity contribution < 1.29 is 28.2 Å². The van der Waals surface area contributed by atoms with Gasteiger partial charge in [0.05, 0.1) is 11.9 Å². The molecule has 0 spiro atoms. The molecule has 41 heavy (non-hydrogen) atoms. The second-order valence-corrected chi connectivity index (χ2v) is 12.5. The molecule has 1 atom stereocenters. The van der Waals surface area contributed by atoms with Crippen LogP contribution in [0.5, 0.6) is 5.75 Å². The number of nitrogens with one attached hydrogen (secondary N) is 2. The normalized spacial score (nSPS) is 14.6. The summed E-state index contributed by atoms with van der Waals surface area (Å²) in [7, 11) is -3.82. The molecule has 0 radical (unpaired) electrons. The van der Waals surface area contributed by atoms with Crippen LogP contribution in [-0.4, -0.2) is 56.6 Å². The van der Waals surface area contributed by atoms with E-state index in [1.54, 1.807) is 18.2 Å². The average molecular weight is 601 g/mol. The fraction of sp³-hybridized carbons (Fsp3) is 0.387. The molecule has 0 saturated heterocycles. The molecule has 0 bridgehead atoms. The van der Waals surface area contributed by atoms with Crippen LogP contribution in [0.4, 0.5) is 0 Å². The maximum atomic E-state index is 13.0. The Balaban J connectivity index is 1.36. The number of aliphatic hydroxyl groups excluding tert-OH is 2. The van der Waals surface area contributed by atoms with E-state index in [1.807, 2.05) is 48.5 Å². The molecule has 8 nitrogen and oxygen atoms in total. The number of aliphatic hydroxyl groups is 2. The van der Waals surface area contributed by atoms with Crippen molar-refractivity contribution in [2.45, 2.75) is 44.1 Å². The summed E-state index contributed by atoms with van der Waals surface area (Å²) < 4.78 is 32.5. The molecule has 1 fully saturated rings. The third-order valence-corrected chi connectivity index (χ3v) is 8.77. The maximum Gasteiger partial charge on any atom is 0.265 e. The summed E-state index contributed by atoms with van der Waals surface area (Å²) in [6.07, 6.45) is 3.47. The number of rotatable bonds is 14. The highest BCUT2D eigenvalue weighted by atomic mass is 35.5. The Kier molecular flexibility index (Phi) is 11.2. The lowest BCUT2D eigenvalue weighted by Crippen LogP contribution is -2.33. The van der Waals surface area contributed by atoms with Crippen LogP contribution in [0.25, 0.3) is 11.1 Å². The number of carbonyl (C=O) groups excluding carboxylic acids is 1. The molecule has 4 rings (SSSR count). The van der Waals surface area contributed by atoms with Gasteiger partial charge in [0.2, 0.25) is 10.0 Å². The van der Waals surface area contributed by atoms with Crippen LogP contribution in [0.3, 0.4) is 0 Å². The second kappa shape index (κ2) is 14.8. The number of benzene rings is 3. The molecule has 1 amide bonds. The van der Waals surface area contributed by atoms with Crippen molar-refractivity contribution >= 4 is 27.5 Å². The van der Waals surface area contributed by atoms with Crippen LogP contribution >= 0.6 is 11.6 Å². The van der Waals surface area contributed by atoms with E-state index in [1.165, 1.54) is 0 Å². The Morgan fingerprint density at radius 2 is 1.76 bits per heavy atom. The fourth-order valence-electron chi connectivity index (χ4n) is 5.08. The molecule has 220 valence electrons. The minimum absolute atomic E-state index is 0.0698. The third-order valence-electron chi connectivity index (χ3n) is 7.22. The molecule has 3 aromatic carbocycles. The zero-order chi connectivity index (χ0) is 29.2. The van der Waals surface area contributed by atoms with Crippen LogP contribution in [0.1, 0.15) is 65.6 Å². The quantitative estimate of drug-likeness (QED) is 0.196. The lowest BCUT2D eigenvalue weighted by Gasteiger charge is -2.17. The van der Waals surface area contributed by atoms with E-state index in [0.29, 0.717) is 36.0 Å². The third kappa shape index (κ3) is 9.02. The van der Waals surface area contributed by atoms with Gasteiger partial charge in [-0.2, -0.15) is 0 Å². The van der Waals surface area contributed by atoms with E-state index in [9.17, 15) is 18.3 Å². The zero-order valence-corrected chi connectivity index (χ0v) is 24.5. The van der Waals surface area contributed by atoms with Crippen LogP contribution < -0.4 is 14.8 Å². The molecule has 0 heterocycles. The van der Waals surface area contributed by atoms with Crippen LogP contribution in [-0.2, 0) is 10.0 Å². The Labute approximate surface area is 246 Å². The number of carbonyl (C=O) groups is 1. The topological polar surface area (TPSA) is 125 Å². The van der Waals surface area contributed by atoms with Gasteiger partial charge in [0.1, 0.15) is 12.4 Å². The highest BCUT2D eigenvalue weighted by molar-refractivity contribution is 7.90. The Morgan fingerprint density at radius 1 is 1.02 bits per heavy atom. The summed E-state index contributed by atoms with van der Waals surface area (Å²) in [5, 5.41) is 23.0. The van der Waals surface area contributed by atoms with Crippen molar-refractivity contribution in [3.05, 3.63) is 88.4 Å². The first-order chi connectivity index (χ1) is 19.8. The van der Waals surface area contributed by atoms with Crippen molar-refractivity contribution in [2.75, 3.05) is 32.1 Å². The highest BCUT2D eigenvalue weighted by Crippen LogP contribution is 2.38. The molecule has 4 N–H and O–H groups in total. The molecule has 1 saturated carbocycles. The molecular formula is C31H37ClN2O6S. The van der Waals surface area contributed by atoms with Crippen LogP contribution in [0, 0.1) is 0 Å².